The normalized spacial score (nSPS) is 13.5. The zero-order chi connectivity index (χ0) is 17.4. The fourth-order valence-corrected chi connectivity index (χ4v) is 3.07. The van der Waals surface area contributed by atoms with Gasteiger partial charge in [-0.15, -0.1) is 10.2 Å². The number of nitrogens with one attached hydrogen (secondary N) is 1. The summed E-state index contributed by atoms with van der Waals surface area (Å²) in [6.45, 7) is 1.37. The summed E-state index contributed by atoms with van der Waals surface area (Å²) in [6.07, 6.45) is 2.08. The first kappa shape index (κ1) is 15.9. The quantitative estimate of drug-likeness (QED) is 0.646. The lowest BCUT2D eigenvalue weighted by Crippen LogP contribution is -2.14. The van der Waals surface area contributed by atoms with Gasteiger partial charge in [0.25, 0.3) is 17.3 Å². The van der Waals surface area contributed by atoms with Gasteiger partial charge in [0.15, 0.2) is 0 Å². The largest absolute Gasteiger partial charge is 0.296 e. The van der Waals surface area contributed by atoms with Crippen LogP contribution in [0, 0.1) is 27.2 Å². The number of aromatic nitrogens is 2. The number of anilines is 1. The van der Waals surface area contributed by atoms with E-state index >= 15 is 0 Å². The van der Waals surface area contributed by atoms with Crippen LogP contribution < -0.4 is 5.32 Å². The monoisotopic (exact) mass is 349 g/mol. The van der Waals surface area contributed by atoms with Crippen molar-refractivity contribution in [1.82, 2.24) is 10.2 Å². The summed E-state index contributed by atoms with van der Waals surface area (Å²) in [6, 6.07) is 1.85. The molecule has 0 spiro atoms. The smallest absolute Gasteiger partial charge is 0.279 e. The van der Waals surface area contributed by atoms with Crippen LogP contribution in [0.1, 0.15) is 39.7 Å². The molecule has 0 aliphatic heterocycles. The van der Waals surface area contributed by atoms with Crippen molar-refractivity contribution in [2.24, 2.45) is 0 Å². The second-order valence-electron chi connectivity index (χ2n) is 5.33. The number of non-ortho nitro benzene ring substituents is 1. The summed E-state index contributed by atoms with van der Waals surface area (Å²) < 4.78 is 0. The summed E-state index contributed by atoms with van der Waals surface area (Å²) in [5.74, 6) is -0.313. The zero-order valence-electron chi connectivity index (χ0n) is 12.4. The molecule has 0 atom stereocenters. The van der Waals surface area contributed by atoms with Gasteiger partial charge < -0.3 is 0 Å². The standard InChI is InChI=1S/C13H11N5O5S/c1-6-9(4-8(17(20)21)5-10(6)18(22)23)11(19)14-13-16-15-12(24-13)7-2-3-7/h4-5,7H,2-3H2,1H3,(H,14,16,19). The van der Waals surface area contributed by atoms with Gasteiger partial charge in [-0.1, -0.05) is 11.3 Å². The molecule has 1 aliphatic rings. The number of hydrogen-bond donors (Lipinski definition) is 1. The Morgan fingerprint density at radius 2 is 1.96 bits per heavy atom. The summed E-state index contributed by atoms with van der Waals surface area (Å²) in [7, 11) is 0. The number of rotatable bonds is 5. The SMILES string of the molecule is Cc1c(C(=O)Nc2nnc(C3CC3)s2)cc([N+](=O)[O-])cc1[N+](=O)[O-]. The molecular weight excluding hydrogens is 338 g/mol. The molecule has 2 aromatic rings. The first-order valence-corrected chi connectivity index (χ1v) is 7.76. The van der Waals surface area contributed by atoms with Crippen molar-refractivity contribution in [2.45, 2.75) is 25.7 Å². The number of hydrogen-bond acceptors (Lipinski definition) is 8. The summed E-state index contributed by atoms with van der Waals surface area (Å²) in [5, 5.41) is 33.4. The molecule has 0 unspecified atom stereocenters. The molecule has 1 saturated carbocycles. The Kier molecular flexibility index (Phi) is 3.93. The molecule has 1 fully saturated rings. The van der Waals surface area contributed by atoms with Crippen molar-refractivity contribution >= 4 is 33.8 Å². The van der Waals surface area contributed by atoms with E-state index in [-0.39, 0.29) is 16.3 Å². The second kappa shape index (κ2) is 5.92. The van der Waals surface area contributed by atoms with E-state index in [2.05, 4.69) is 15.5 Å². The lowest BCUT2D eigenvalue weighted by atomic mass is 10.0. The molecule has 1 N–H and O–H groups in total. The third kappa shape index (κ3) is 3.06. The van der Waals surface area contributed by atoms with Crippen LogP contribution in [0.5, 0.6) is 0 Å². The van der Waals surface area contributed by atoms with E-state index in [1.807, 2.05) is 0 Å². The van der Waals surface area contributed by atoms with Crippen molar-refractivity contribution in [3.8, 4) is 0 Å². The van der Waals surface area contributed by atoms with Gasteiger partial charge in [0.1, 0.15) is 5.01 Å². The van der Waals surface area contributed by atoms with E-state index in [1.165, 1.54) is 18.3 Å². The number of nitro benzene ring substituents is 2. The third-order valence-corrected chi connectivity index (χ3v) is 4.61. The molecule has 0 saturated heterocycles. The summed E-state index contributed by atoms with van der Waals surface area (Å²) >= 11 is 1.23. The number of amides is 1. The maximum absolute atomic E-state index is 12.4. The van der Waals surface area contributed by atoms with Gasteiger partial charge in [0, 0.05) is 17.5 Å². The molecule has 0 radical (unpaired) electrons. The molecule has 1 aliphatic carbocycles. The molecule has 1 heterocycles. The topological polar surface area (TPSA) is 141 Å². The highest BCUT2D eigenvalue weighted by Gasteiger charge is 2.29. The van der Waals surface area contributed by atoms with Gasteiger partial charge in [0.05, 0.1) is 21.5 Å². The van der Waals surface area contributed by atoms with Gasteiger partial charge in [-0.05, 0) is 19.8 Å². The number of nitro groups is 2. The number of carbonyl (C=O) groups is 1. The van der Waals surface area contributed by atoms with Crippen molar-refractivity contribution in [1.29, 1.82) is 0 Å². The maximum Gasteiger partial charge on any atom is 0.279 e. The third-order valence-electron chi connectivity index (χ3n) is 3.60. The lowest BCUT2D eigenvalue weighted by Gasteiger charge is -2.06. The molecule has 24 heavy (non-hydrogen) atoms. The Labute approximate surface area is 138 Å². The fourth-order valence-electron chi connectivity index (χ4n) is 2.16. The summed E-state index contributed by atoms with van der Waals surface area (Å²) in [5.41, 5.74) is -1.09. The van der Waals surface area contributed by atoms with E-state index in [1.54, 1.807) is 0 Å². The average molecular weight is 349 g/mol. The Bertz CT molecular complexity index is 860. The predicted octanol–water partition coefficient (Wildman–Crippen LogP) is 2.79. The van der Waals surface area contributed by atoms with Crippen LogP contribution in [0.4, 0.5) is 16.5 Å². The molecule has 3 rings (SSSR count). The molecule has 10 nitrogen and oxygen atoms in total. The molecule has 1 aromatic carbocycles. The van der Waals surface area contributed by atoms with Crippen molar-refractivity contribution in [3.05, 3.63) is 48.5 Å². The number of benzene rings is 1. The van der Waals surface area contributed by atoms with Crippen molar-refractivity contribution < 1.29 is 14.6 Å². The molecular formula is C13H11N5O5S. The van der Waals surface area contributed by atoms with Gasteiger partial charge in [-0.25, -0.2) is 0 Å². The van der Waals surface area contributed by atoms with Gasteiger partial charge in [-0.2, -0.15) is 0 Å². The second-order valence-corrected chi connectivity index (χ2v) is 6.33. The van der Waals surface area contributed by atoms with E-state index in [4.69, 9.17) is 0 Å². The highest BCUT2D eigenvalue weighted by molar-refractivity contribution is 7.15. The average Bonchev–Trinajstić information content (AvgIpc) is 3.27. The molecule has 1 aromatic heterocycles. The van der Waals surface area contributed by atoms with Crippen LogP contribution >= 0.6 is 11.3 Å². The van der Waals surface area contributed by atoms with Crippen LogP contribution in [0.25, 0.3) is 0 Å². The van der Waals surface area contributed by atoms with Gasteiger partial charge >= 0.3 is 0 Å². The van der Waals surface area contributed by atoms with E-state index in [0.717, 1.165) is 30.0 Å². The Morgan fingerprint density at radius 3 is 2.54 bits per heavy atom. The van der Waals surface area contributed by atoms with Crippen LogP contribution in [0.3, 0.4) is 0 Å². The van der Waals surface area contributed by atoms with E-state index in [0.29, 0.717) is 5.92 Å². The minimum absolute atomic E-state index is 0.0510. The summed E-state index contributed by atoms with van der Waals surface area (Å²) in [4.78, 5) is 32.8. The number of carbonyl (C=O) groups excluding carboxylic acids is 1. The Hall–Kier alpha value is -2.95. The molecule has 1 amide bonds. The van der Waals surface area contributed by atoms with Crippen molar-refractivity contribution in [2.75, 3.05) is 5.32 Å². The first-order chi connectivity index (χ1) is 11.4. The van der Waals surface area contributed by atoms with Gasteiger partial charge in [0.2, 0.25) is 5.13 Å². The zero-order valence-corrected chi connectivity index (χ0v) is 13.2. The van der Waals surface area contributed by atoms with Gasteiger partial charge in [-0.3, -0.25) is 30.3 Å². The lowest BCUT2D eigenvalue weighted by molar-refractivity contribution is -0.394. The number of nitrogens with zero attached hydrogens (tertiary/aromatic N) is 4. The minimum atomic E-state index is -0.778. The molecule has 124 valence electrons. The fraction of sp³-hybridized carbons (Fsp3) is 0.308. The van der Waals surface area contributed by atoms with Crippen LogP contribution in [0.15, 0.2) is 12.1 Å². The van der Waals surface area contributed by atoms with Crippen LogP contribution in [0.2, 0.25) is 0 Å². The maximum atomic E-state index is 12.4. The predicted molar refractivity (Wildman–Crippen MR) is 84.3 cm³/mol. The van der Waals surface area contributed by atoms with Crippen LogP contribution in [-0.2, 0) is 0 Å². The Balaban J connectivity index is 1.92. The van der Waals surface area contributed by atoms with Crippen molar-refractivity contribution in [3.63, 3.8) is 0 Å². The highest BCUT2D eigenvalue weighted by atomic mass is 32.1. The molecule has 0 bridgehead atoms. The Morgan fingerprint density at radius 1 is 1.25 bits per heavy atom. The van der Waals surface area contributed by atoms with E-state index < -0.39 is 27.1 Å². The highest BCUT2D eigenvalue weighted by Crippen LogP contribution is 2.42. The first-order valence-electron chi connectivity index (χ1n) is 6.95. The van der Waals surface area contributed by atoms with E-state index in [9.17, 15) is 25.0 Å². The van der Waals surface area contributed by atoms with Crippen LogP contribution in [-0.4, -0.2) is 26.0 Å². The minimum Gasteiger partial charge on any atom is -0.296 e. The molecule has 11 heteroatoms.